The SMILES string of the molecule is C=C(CO[CH2-])[Si](C)(C)O[Si](C)(C)O[Si](C)(C)O[Si](C)(C)O.[CH2-]OC/C=C/[Si](C)(C)O[Si](C)(C)O[Si](C)(C)O[Si](C)(C)O.[Rf]. The van der Waals surface area contributed by atoms with Crippen LogP contribution in [0.5, 0.6) is 0 Å². The zero-order valence-corrected chi connectivity index (χ0v) is 44.5. The Kier molecular flexibility index (Phi) is 19.4. The third-order valence-corrected chi connectivity index (χ3v) is 31.6. The van der Waals surface area contributed by atoms with Crippen molar-refractivity contribution in [2.75, 3.05) is 13.2 Å². The minimum atomic E-state index is -2.62. The van der Waals surface area contributed by atoms with E-state index >= 15 is 0 Å². The monoisotopic (exact) mass is 1000 g/mol. The molecule has 254 valence electrons. The van der Waals surface area contributed by atoms with E-state index in [9.17, 15) is 9.59 Å². The van der Waals surface area contributed by atoms with E-state index in [4.69, 9.17) is 34.2 Å². The number of hydrogen-bond donors (Lipinski definition) is 2. The maximum Gasteiger partial charge on any atom is 0.320 e. The van der Waals surface area contributed by atoms with E-state index in [0.717, 1.165) is 5.20 Å². The average Bonchev–Trinajstić information content (AvgIpc) is 2.60. The van der Waals surface area contributed by atoms with Gasteiger partial charge < -0.3 is 43.8 Å². The molecule has 0 aromatic carbocycles. The first-order valence-corrected chi connectivity index (χ1v) is 36.9. The Hall–Kier alpha value is -0.185. The fraction of sp³-hybridized carbons (Fsp3) is 0.750. The minimum Gasteiger partial charge on any atom is -0.552 e. The van der Waals surface area contributed by atoms with Crippen LogP contribution in [0.25, 0.3) is 0 Å². The van der Waals surface area contributed by atoms with Crippen LogP contribution in [-0.2, 0) is 34.2 Å². The molecule has 0 atom stereocenters. The number of hydrogen-bond acceptors (Lipinski definition) is 10. The predicted octanol–water partition coefficient (Wildman–Crippen LogP) is 6.49. The summed E-state index contributed by atoms with van der Waals surface area (Å²) in [4.78, 5) is 19.9. The molecule has 0 saturated carbocycles. The molecule has 0 saturated heterocycles. The molecule has 0 heterocycles. The molecule has 43 heavy (non-hydrogen) atoms. The third kappa shape index (κ3) is 25.7. The molecule has 0 bridgehead atoms. The topological polar surface area (TPSA) is 114 Å². The molecular weight excluding hydrogens is 940 g/mol. The van der Waals surface area contributed by atoms with Crippen LogP contribution in [0.2, 0.25) is 105 Å². The van der Waals surface area contributed by atoms with Crippen LogP contribution in [0.15, 0.2) is 23.6 Å². The zero-order valence-electron chi connectivity index (χ0n) is 30.1. The van der Waals surface area contributed by atoms with Crippen molar-refractivity contribution >= 4 is 68.0 Å². The van der Waals surface area contributed by atoms with E-state index in [1.165, 1.54) is 0 Å². The van der Waals surface area contributed by atoms with Crippen molar-refractivity contribution in [3.05, 3.63) is 37.8 Å². The van der Waals surface area contributed by atoms with Crippen molar-refractivity contribution in [3.63, 3.8) is 0 Å². The average molecular weight is 1000 g/mol. The van der Waals surface area contributed by atoms with Crippen LogP contribution in [0.4, 0.5) is 0 Å². The minimum absolute atomic E-state index is 0. The second kappa shape index (κ2) is 17.7. The molecule has 2 N–H and O–H groups in total. The van der Waals surface area contributed by atoms with E-state index in [2.05, 4.69) is 52.7 Å². The van der Waals surface area contributed by atoms with Crippen molar-refractivity contribution in [2.24, 2.45) is 0 Å². The summed E-state index contributed by atoms with van der Waals surface area (Å²) >= 11 is 0. The molecule has 0 rings (SSSR count). The van der Waals surface area contributed by atoms with Crippen LogP contribution in [0, 0.1) is 14.2 Å². The number of rotatable bonds is 18. The van der Waals surface area contributed by atoms with Gasteiger partial charge in [-0.05, 0) is 110 Å². The van der Waals surface area contributed by atoms with Gasteiger partial charge in [0.15, 0.2) is 8.32 Å². The van der Waals surface area contributed by atoms with E-state index in [0.29, 0.717) is 13.2 Å². The third-order valence-electron chi connectivity index (χ3n) is 4.85. The molecule has 0 unspecified atom stereocenters. The quantitative estimate of drug-likeness (QED) is 0.117. The molecule has 0 aliphatic rings. The van der Waals surface area contributed by atoms with Gasteiger partial charge in [-0.3, -0.25) is 0 Å². The maximum absolute atomic E-state index is 9.96. The van der Waals surface area contributed by atoms with Crippen molar-refractivity contribution in [1.82, 2.24) is 0 Å². The molecule has 10 nitrogen and oxygen atoms in total. The fourth-order valence-corrected chi connectivity index (χ4v) is 37.7. The molecule has 0 spiro atoms. The standard InChI is InChI=1S/2C12H31O5Si4.Rf/c1-12(11-14-2)18(3,4)15-20(7,8)17-21(9,10)16-19(5,6)13;1-14-11-10-12-18(2,3)15-20(6,7)17-21(8,9)16-19(4,5)13;/h13H,1-2,11H2,3-10H3;10,12-13H,1,11H2,2-9H3;/q2*-1;/b;12-10+;. The summed E-state index contributed by atoms with van der Waals surface area (Å²) in [6, 6.07) is 0. The largest absolute Gasteiger partial charge is 0.552 e. The van der Waals surface area contributed by atoms with Gasteiger partial charge in [-0.2, -0.15) is 0 Å². The van der Waals surface area contributed by atoms with Crippen LogP contribution < -0.4 is 0 Å². The van der Waals surface area contributed by atoms with Crippen LogP contribution in [0.1, 0.15) is 0 Å². The van der Waals surface area contributed by atoms with E-state index in [1.807, 2.05) is 58.5 Å². The van der Waals surface area contributed by atoms with Gasteiger partial charge in [0.2, 0.25) is 8.32 Å². The summed E-state index contributed by atoms with van der Waals surface area (Å²) in [5.41, 5.74) is 2.08. The summed E-state index contributed by atoms with van der Waals surface area (Å²) in [5.74, 6) is 0. The van der Waals surface area contributed by atoms with Gasteiger partial charge in [-0.15, -0.1) is 0 Å². The normalized spacial score (nSPS) is 14.3. The second-order valence-electron chi connectivity index (χ2n) is 13.9. The van der Waals surface area contributed by atoms with Gasteiger partial charge in [0.1, 0.15) is 0 Å². The van der Waals surface area contributed by atoms with E-state index in [1.54, 1.807) is 26.2 Å². The van der Waals surface area contributed by atoms with Crippen molar-refractivity contribution < 1.29 is 43.8 Å². The Bertz CT molecular complexity index is 858. The zero-order chi connectivity index (χ0) is 34.1. The Labute approximate surface area is 266 Å². The molecule has 0 aromatic heterocycles. The van der Waals surface area contributed by atoms with Gasteiger partial charge >= 0.3 is 51.4 Å². The molecule has 0 radical (unpaired) electrons. The van der Waals surface area contributed by atoms with Crippen LogP contribution >= 0.6 is 0 Å². The predicted molar refractivity (Wildman–Crippen MR) is 192 cm³/mol. The van der Waals surface area contributed by atoms with E-state index in [-0.39, 0.29) is 0 Å². The molecule has 0 aliphatic heterocycles. The first kappa shape index (κ1) is 47.2. The van der Waals surface area contributed by atoms with Gasteiger partial charge in [0, 0.05) is 13.2 Å². The Morgan fingerprint density at radius 2 is 0.930 bits per heavy atom. The second-order valence-corrected chi connectivity index (χ2v) is 43.1. The molecule has 0 amide bonds. The summed E-state index contributed by atoms with van der Waals surface area (Å²) in [5, 5.41) is 0.943. The van der Waals surface area contributed by atoms with E-state index < -0.39 is 68.0 Å². The first-order chi connectivity index (χ1) is 18.3. The van der Waals surface area contributed by atoms with Gasteiger partial charge in [-0.1, -0.05) is 18.4 Å². The van der Waals surface area contributed by atoms with Gasteiger partial charge in [0.05, 0.1) is 0 Å². The summed E-state index contributed by atoms with van der Waals surface area (Å²) in [6.07, 6.45) is 1.94. The number of ether oxygens (including phenoxy) is 2. The first-order valence-electron chi connectivity index (χ1n) is 14.0. The summed E-state index contributed by atoms with van der Waals surface area (Å²) in [6.45, 7) is 36.2. The van der Waals surface area contributed by atoms with Crippen LogP contribution in [0.3, 0.4) is 0 Å². The summed E-state index contributed by atoms with van der Waals surface area (Å²) < 4.78 is 46.4. The molecule has 19 heteroatoms. The van der Waals surface area contributed by atoms with Crippen molar-refractivity contribution in [2.45, 2.75) is 105 Å². The summed E-state index contributed by atoms with van der Waals surface area (Å²) in [7, 11) is -12.1. The Morgan fingerprint density at radius 1 is 0.581 bits per heavy atom. The van der Waals surface area contributed by atoms with Gasteiger partial charge in [-0.25, -0.2) is 14.2 Å². The Balaban J connectivity index is -0.000000727. The maximum atomic E-state index is 9.96. The molecule has 0 fully saturated rings. The molecule has 0 aromatic rings. The van der Waals surface area contributed by atoms with Gasteiger partial charge in [0.25, 0.3) is 0 Å². The molecule has 0 aliphatic carbocycles. The smallest absolute Gasteiger partial charge is 0.320 e. The Morgan fingerprint density at radius 3 is 1.26 bits per heavy atom. The van der Waals surface area contributed by atoms with Crippen molar-refractivity contribution in [1.29, 1.82) is 0 Å². The van der Waals surface area contributed by atoms with Crippen molar-refractivity contribution in [3.8, 4) is 0 Å². The van der Waals surface area contributed by atoms with Crippen LogP contribution in [-0.4, -0.2) is 90.8 Å². The fourth-order valence-electron chi connectivity index (χ4n) is 4.52. The molecular formula is C24H62O10RfSi8-2.